The van der Waals surface area contributed by atoms with Gasteiger partial charge in [-0.1, -0.05) is 19.8 Å². The van der Waals surface area contributed by atoms with Crippen molar-refractivity contribution in [3.8, 4) is 0 Å². The molecule has 0 spiro atoms. The van der Waals surface area contributed by atoms with E-state index in [1.54, 1.807) is 6.92 Å². The van der Waals surface area contributed by atoms with E-state index >= 15 is 0 Å². The number of carboxylic acids is 1. The summed E-state index contributed by atoms with van der Waals surface area (Å²) < 4.78 is 3.98. The number of aromatic nitrogens is 1. The number of carbonyl (C=O) groups excluding carboxylic acids is 1. The van der Waals surface area contributed by atoms with Crippen molar-refractivity contribution in [2.24, 2.45) is 11.7 Å². The second-order valence-corrected chi connectivity index (χ2v) is 6.36. The Balaban J connectivity index is 2.18. The van der Waals surface area contributed by atoms with Crippen LogP contribution in [0.2, 0.25) is 0 Å². The maximum Gasteiger partial charge on any atom is 0.340 e. The lowest BCUT2D eigenvalue weighted by molar-refractivity contribution is -0.122. The van der Waals surface area contributed by atoms with Gasteiger partial charge in [0.25, 0.3) is 0 Å². The van der Waals surface area contributed by atoms with E-state index in [2.05, 4.69) is 16.6 Å². The van der Waals surface area contributed by atoms with Crippen molar-refractivity contribution in [1.29, 1.82) is 0 Å². The summed E-state index contributed by atoms with van der Waals surface area (Å²) in [6, 6.07) is 0. The normalized spacial score (nSPS) is 26.2. The highest BCUT2D eigenvalue weighted by atomic mass is 32.1. The molecule has 1 fully saturated rings. The molecule has 1 amide bonds. The predicted molar refractivity (Wildman–Crippen MR) is 77.0 cm³/mol. The summed E-state index contributed by atoms with van der Waals surface area (Å²) in [5, 5.41) is 12.1. The lowest BCUT2D eigenvalue weighted by atomic mass is 9.76. The second-order valence-electron chi connectivity index (χ2n) is 5.59. The summed E-state index contributed by atoms with van der Waals surface area (Å²) in [5.74, 6) is -0.994. The van der Waals surface area contributed by atoms with Crippen molar-refractivity contribution in [3.63, 3.8) is 0 Å². The number of hydrogen-bond donors (Lipinski definition) is 3. The van der Waals surface area contributed by atoms with Gasteiger partial charge in [0.1, 0.15) is 10.6 Å². The average molecular weight is 297 g/mol. The molecule has 0 saturated heterocycles. The molecule has 1 aliphatic carbocycles. The second kappa shape index (κ2) is 5.49. The molecule has 0 aromatic carbocycles. The predicted octanol–water partition coefficient (Wildman–Crippen LogP) is 2.00. The molecule has 2 unspecified atom stereocenters. The molecular weight excluding hydrogens is 278 g/mol. The lowest BCUT2D eigenvalue weighted by Gasteiger charge is -2.35. The van der Waals surface area contributed by atoms with Crippen LogP contribution in [-0.4, -0.2) is 26.9 Å². The first-order valence-electron chi connectivity index (χ1n) is 6.63. The number of aryl methyl sites for hydroxylation is 1. The third kappa shape index (κ3) is 2.83. The fraction of sp³-hybridized carbons (Fsp3) is 0.615. The van der Waals surface area contributed by atoms with Crippen LogP contribution < -0.4 is 11.1 Å². The van der Waals surface area contributed by atoms with Crippen molar-refractivity contribution in [2.45, 2.75) is 45.1 Å². The van der Waals surface area contributed by atoms with E-state index in [1.165, 1.54) is 0 Å². The maximum atomic E-state index is 12.4. The summed E-state index contributed by atoms with van der Waals surface area (Å²) in [7, 11) is 0. The van der Waals surface area contributed by atoms with Gasteiger partial charge in [0.05, 0.1) is 11.2 Å². The van der Waals surface area contributed by atoms with Crippen molar-refractivity contribution in [3.05, 3.63) is 11.3 Å². The molecular formula is C13H19N3O3S. The molecule has 2 atom stereocenters. The van der Waals surface area contributed by atoms with Crippen LogP contribution in [0.5, 0.6) is 0 Å². The van der Waals surface area contributed by atoms with Crippen LogP contribution in [0, 0.1) is 12.8 Å². The van der Waals surface area contributed by atoms with E-state index in [0.29, 0.717) is 24.5 Å². The first-order chi connectivity index (χ1) is 9.33. The zero-order valence-electron chi connectivity index (χ0n) is 11.6. The number of nitrogens with two attached hydrogens (primary N) is 1. The molecule has 4 N–H and O–H groups in total. The number of amides is 1. The number of carbonyl (C=O) groups is 2. The number of rotatable bonds is 3. The smallest absolute Gasteiger partial charge is 0.340 e. The first-order valence-corrected chi connectivity index (χ1v) is 7.41. The van der Waals surface area contributed by atoms with Crippen LogP contribution in [0.1, 0.15) is 48.7 Å². The number of nitrogens with one attached hydrogen (secondary N) is 1. The van der Waals surface area contributed by atoms with E-state index in [-0.39, 0.29) is 16.5 Å². The largest absolute Gasteiger partial charge is 0.478 e. The van der Waals surface area contributed by atoms with Crippen LogP contribution in [0.15, 0.2) is 0 Å². The minimum atomic E-state index is -1.09. The number of aromatic carboxylic acids is 1. The monoisotopic (exact) mass is 297 g/mol. The van der Waals surface area contributed by atoms with Crippen LogP contribution in [0.4, 0.5) is 5.00 Å². The molecule has 1 aliphatic rings. The Kier molecular flexibility index (Phi) is 4.10. The topological polar surface area (TPSA) is 105 Å². The van der Waals surface area contributed by atoms with Gasteiger partial charge < -0.3 is 16.2 Å². The van der Waals surface area contributed by atoms with Crippen molar-refractivity contribution in [2.75, 3.05) is 5.32 Å². The van der Waals surface area contributed by atoms with Gasteiger partial charge in [-0.2, -0.15) is 4.37 Å². The molecule has 6 nitrogen and oxygen atoms in total. The average Bonchev–Trinajstić information content (AvgIpc) is 2.70. The quantitative estimate of drug-likeness (QED) is 0.791. The molecule has 0 bridgehead atoms. The summed E-state index contributed by atoms with van der Waals surface area (Å²) >= 11 is 0.978. The summed E-state index contributed by atoms with van der Waals surface area (Å²) in [6.07, 6.45) is 3.24. The Morgan fingerprint density at radius 1 is 1.55 bits per heavy atom. The Labute approximate surface area is 121 Å². The van der Waals surface area contributed by atoms with Gasteiger partial charge in [0.15, 0.2) is 0 Å². The molecule has 110 valence electrons. The number of hydrogen-bond acceptors (Lipinski definition) is 5. The molecule has 1 heterocycles. The number of anilines is 1. The van der Waals surface area contributed by atoms with E-state index < -0.39 is 11.5 Å². The van der Waals surface area contributed by atoms with Crippen molar-refractivity contribution in [1.82, 2.24) is 4.37 Å². The summed E-state index contributed by atoms with van der Waals surface area (Å²) in [6.45, 7) is 3.68. The fourth-order valence-electron chi connectivity index (χ4n) is 2.73. The Hall–Kier alpha value is -1.47. The number of carboxylic acid groups (broad SMARTS) is 1. The Bertz CT molecular complexity index is 543. The molecule has 0 aliphatic heterocycles. The minimum Gasteiger partial charge on any atom is -0.478 e. The standard InChI is InChI=1S/C13H19N3O3S/c1-7-4-3-5-13(14,6-7)12(19)15-10-9(11(17)18)8(2)16-20-10/h7H,3-6,14H2,1-2H3,(H,15,19)(H,17,18). The van der Waals surface area contributed by atoms with E-state index in [1.807, 2.05) is 0 Å². The zero-order chi connectivity index (χ0) is 14.9. The fourth-order valence-corrected chi connectivity index (χ4v) is 3.52. The van der Waals surface area contributed by atoms with Crippen LogP contribution >= 0.6 is 11.5 Å². The molecule has 0 radical (unpaired) electrons. The van der Waals surface area contributed by atoms with Gasteiger partial charge in [0.2, 0.25) is 5.91 Å². The van der Waals surface area contributed by atoms with E-state index in [0.717, 1.165) is 24.4 Å². The van der Waals surface area contributed by atoms with E-state index in [4.69, 9.17) is 10.8 Å². The molecule has 20 heavy (non-hydrogen) atoms. The van der Waals surface area contributed by atoms with E-state index in [9.17, 15) is 9.59 Å². The minimum absolute atomic E-state index is 0.0517. The van der Waals surface area contributed by atoms with Crippen molar-refractivity contribution >= 4 is 28.4 Å². The highest BCUT2D eigenvalue weighted by Crippen LogP contribution is 2.32. The van der Waals surface area contributed by atoms with Gasteiger partial charge in [-0.15, -0.1) is 0 Å². The van der Waals surface area contributed by atoms with Gasteiger partial charge in [0, 0.05) is 0 Å². The zero-order valence-corrected chi connectivity index (χ0v) is 12.4. The molecule has 1 saturated carbocycles. The van der Waals surface area contributed by atoms with Gasteiger partial charge in [-0.05, 0) is 37.2 Å². The lowest BCUT2D eigenvalue weighted by Crippen LogP contribution is -2.53. The molecule has 1 aromatic rings. The van der Waals surface area contributed by atoms with Crippen LogP contribution in [0.25, 0.3) is 0 Å². The third-order valence-electron chi connectivity index (χ3n) is 3.79. The number of nitrogens with zero attached hydrogens (tertiary/aromatic N) is 1. The summed E-state index contributed by atoms with van der Waals surface area (Å²) in [4.78, 5) is 23.5. The van der Waals surface area contributed by atoms with Gasteiger partial charge in [-0.3, -0.25) is 4.79 Å². The molecule has 7 heteroatoms. The maximum absolute atomic E-state index is 12.4. The Morgan fingerprint density at radius 3 is 2.85 bits per heavy atom. The SMILES string of the molecule is Cc1nsc(NC(=O)C2(N)CCCC(C)C2)c1C(=O)O. The van der Waals surface area contributed by atoms with Crippen LogP contribution in [-0.2, 0) is 4.79 Å². The first kappa shape index (κ1) is 14.9. The van der Waals surface area contributed by atoms with Gasteiger partial charge in [-0.25, -0.2) is 4.79 Å². The van der Waals surface area contributed by atoms with Crippen LogP contribution in [0.3, 0.4) is 0 Å². The highest BCUT2D eigenvalue weighted by Gasteiger charge is 2.38. The third-order valence-corrected chi connectivity index (χ3v) is 4.64. The van der Waals surface area contributed by atoms with Crippen molar-refractivity contribution < 1.29 is 14.7 Å². The van der Waals surface area contributed by atoms with Gasteiger partial charge >= 0.3 is 5.97 Å². The molecule has 1 aromatic heterocycles. The Morgan fingerprint density at radius 2 is 2.25 bits per heavy atom. The highest BCUT2D eigenvalue weighted by molar-refractivity contribution is 7.11. The summed E-state index contributed by atoms with van der Waals surface area (Å²) in [5.41, 5.74) is 5.74. The molecule has 2 rings (SSSR count).